The number of halogens is 3. The summed E-state index contributed by atoms with van der Waals surface area (Å²) in [6.45, 7) is 3.27. The van der Waals surface area contributed by atoms with Crippen LogP contribution in [0, 0.1) is 5.92 Å². The number of benzene rings is 2. The Bertz CT molecular complexity index is 1010. The Kier molecular flexibility index (Phi) is 5.61. The number of aliphatic hydroxyl groups is 1. The van der Waals surface area contributed by atoms with Gasteiger partial charge < -0.3 is 9.84 Å². The van der Waals surface area contributed by atoms with Gasteiger partial charge in [0, 0.05) is 11.6 Å². The number of rotatable bonds is 5. The molecule has 3 rings (SSSR count). The molecule has 1 aliphatic rings. The Morgan fingerprint density at radius 1 is 1.13 bits per heavy atom. The predicted octanol–water partition coefficient (Wildman–Crippen LogP) is 4.84. The van der Waals surface area contributed by atoms with Crippen LogP contribution in [0.4, 0.5) is 18.9 Å². The van der Waals surface area contributed by atoms with Crippen molar-refractivity contribution in [1.82, 2.24) is 0 Å². The van der Waals surface area contributed by atoms with Gasteiger partial charge in [0.2, 0.25) is 0 Å². The molecule has 1 N–H and O–H groups in total. The van der Waals surface area contributed by atoms with Crippen LogP contribution >= 0.6 is 0 Å². The van der Waals surface area contributed by atoms with Crippen molar-refractivity contribution >= 4 is 17.4 Å². The smallest absolute Gasteiger partial charge is 0.416 e. The summed E-state index contributed by atoms with van der Waals surface area (Å²) in [7, 11) is 1.46. The van der Waals surface area contributed by atoms with Gasteiger partial charge in [-0.05, 0) is 42.0 Å². The molecule has 1 heterocycles. The van der Waals surface area contributed by atoms with Crippen LogP contribution in [-0.2, 0) is 15.8 Å². The minimum absolute atomic E-state index is 0.0943. The molecule has 158 valence electrons. The summed E-state index contributed by atoms with van der Waals surface area (Å²) in [6.07, 6.45) is -4.53. The topological polar surface area (TPSA) is 66.8 Å². The molecule has 5 nitrogen and oxygen atoms in total. The molecular formula is C22H20F3NO4. The number of hydrogen-bond acceptors (Lipinski definition) is 4. The lowest BCUT2D eigenvalue weighted by atomic mass is 9.91. The van der Waals surface area contributed by atoms with Gasteiger partial charge in [0.15, 0.2) is 11.5 Å². The number of hydrogen-bond donors (Lipinski definition) is 1. The lowest BCUT2D eigenvalue weighted by molar-refractivity contribution is -0.137. The zero-order valence-corrected chi connectivity index (χ0v) is 16.5. The van der Waals surface area contributed by atoms with Crippen LogP contribution in [0.5, 0.6) is 5.75 Å². The van der Waals surface area contributed by atoms with E-state index in [4.69, 9.17) is 4.74 Å². The maximum Gasteiger partial charge on any atom is 0.416 e. The normalized spacial score (nSPS) is 17.1. The van der Waals surface area contributed by atoms with Crippen LogP contribution in [0.15, 0.2) is 59.9 Å². The van der Waals surface area contributed by atoms with Crippen LogP contribution in [0.3, 0.4) is 0 Å². The summed E-state index contributed by atoms with van der Waals surface area (Å²) in [5, 5.41) is 10.5. The average Bonchev–Trinajstić information content (AvgIpc) is 2.97. The Balaban J connectivity index is 2.16. The van der Waals surface area contributed by atoms with E-state index in [-0.39, 0.29) is 11.3 Å². The van der Waals surface area contributed by atoms with Crippen molar-refractivity contribution in [2.75, 3.05) is 12.0 Å². The van der Waals surface area contributed by atoms with E-state index in [9.17, 15) is 27.9 Å². The van der Waals surface area contributed by atoms with Gasteiger partial charge in [-0.2, -0.15) is 13.2 Å². The highest BCUT2D eigenvalue weighted by Crippen LogP contribution is 2.43. The van der Waals surface area contributed by atoms with E-state index in [1.807, 2.05) is 0 Å². The van der Waals surface area contributed by atoms with Gasteiger partial charge in [0.1, 0.15) is 5.75 Å². The van der Waals surface area contributed by atoms with Crippen LogP contribution in [0.25, 0.3) is 0 Å². The number of ketones is 1. The molecule has 0 aliphatic carbocycles. The first-order chi connectivity index (χ1) is 14.1. The van der Waals surface area contributed by atoms with Crippen LogP contribution in [0.2, 0.25) is 0 Å². The molecule has 0 saturated carbocycles. The number of Topliss-reactive ketones (excluding diaryl/α,β-unsaturated/α-hetero) is 1. The van der Waals surface area contributed by atoms with Gasteiger partial charge in [0.25, 0.3) is 5.91 Å². The summed E-state index contributed by atoms with van der Waals surface area (Å²) < 4.78 is 44.0. The zero-order chi connectivity index (χ0) is 22.2. The summed E-state index contributed by atoms with van der Waals surface area (Å²) in [4.78, 5) is 26.8. The number of carbonyl (C=O) groups is 2. The van der Waals surface area contributed by atoms with Crippen molar-refractivity contribution in [3.63, 3.8) is 0 Å². The van der Waals surface area contributed by atoms with E-state index >= 15 is 0 Å². The second-order valence-electron chi connectivity index (χ2n) is 7.18. The van der Waals surface area contributed by atoms with Gasteiger partial charge in [0.05, 0.1) is 24.3 Å². The number of aliphatic hydroxyl groups excluding tert-OH is 1. The minimum atomic E-state index is -4.53. The molecule has 2 aromatic carbocycles. The molecule has 0 aromatic heterocycles. The number of anilines is 1. The molecule has 8 heteroatoms. The quantitative estimate of drug-likeness (QED) is 0.753. The first-order valence-electron chi connectivity index (χ1n) is 9.18. The third-order valence-corrected chi connectivity index (χ3v) is 4.88. The van der Waals surface area contributed by atoms with Crippen molar-refractivity contribution in [1.29, 1.82) is 0 Å². The van der Waals surface area contributed by atoms with Crippen LogP contribution in [-0.4, -0.2) is 23.9 Å². The zero-order valence-electron chi connectivity index (χ0n) is 16.5. The molecular weight excluding hydrogens is 399 g/mol. The Hall–Kier alpha value is -3.29. The van der Waals surface area contributed by atoms with Crippen molar-refractivity contribution < 1.29 is 32.6 Å². The van der Waals surface area contributed by atoms with Crippen LogP contribution < -0.4 is 9.64 Å². The summed E-state index contributed by atoms with van der Waals surface area (Å²) >= 11 is 0. The number of carbonyl (C=O) groups excluding carboxylic acids is 2. The second-order valence-corrected chi connectivity index (χ2v) is 7.18. The Morgan fingerprint density at radius 3 is 2.30 bits per heavy atom. The van der Waals surface area contributed by atoms with E-state index in [0.717, 1.165) is 29.2 Å². The lowest BCUT2D eigenvalue weighted by Crippen LogP contribution is -2.31. The van der Waals surface area contributed by atoms with Crippen molar-refractivity contribution in [2.24, 2.45) is 5.92 Å². The standard InChI is InChI=1S/C22H20F3NO4/c1-12(2)19(27)17-18(13-5-4-6-16(11-13)30-3)26(21(29)20(17)28)15-9-7-14(8-10-15)22(23,24)25/h4-12,18,28H,1-3H3. The highest BCUT2D eigenvalue weighted by atomic mass is 19.4. The first-order valence-corrected chi connectivity index (χ1v) is 9.18. The maximum absolute atomic E-state index is 12.9. The molecule has 0 radical (unpaired) electrons. The number of amides is 1. The fourth-order valence-electron chi connectivity index (χ4n) is 3.37. The lowest BCUT2D eigenvalue weighted by Gasteiger charge is -2.28. The minimum Gasteiger partial charge on any atom is -0.503 e. The third kappa shape index (κ3) is 3.77. The fourth-order valence-corrected chi connectivity index (χ4v) is 3.37. The Labute approximate surface area is 171 Å². The molecule has 1 amide bonds. The highest BCUT2D eigenvalue weighted by Gasteiger charge is 2.45. The fraction of sp³-hybridized carbons (Fsp3) is 0.273. The number of nitrogens with zero attached hydrogens (tertiary/aromatic N) is 1. The SMILES string of the molecule is COc1cccc(C2C(C(=O)C(C)C)=C(O)C(=O)N2c2ccc(C(F)(F)F)cc2)c1. The summed E-state index contributed by atoms with van der Waals surface area (Å²) in [5.74, 6) is -2.03. The molecule has 0 saturated heterocycles. The summed E-state index contributed by atoms with van der Waals surface area (Å²) in [5.41, 5.74) is -0.357. The van der Waals surface area contributed by atoms with Crippen LogP contribution in [0.1, 0.15) is 31.0 Å². The second kappa shape index (κ2) is 7.85. The van der Waals surface area contributed by atoms with E-state index in [1.54, 1.807) is 38.1 Å². The molecule has 2 aromatic rings. The number of alkyl halides is 3. The Morgan fingerprint density at radius 2 is 1.77 bits per heavy atom. The predicted molar refractivity (Wildman–Crippen MR) is 104 cm³/mol. The van der Waals surface area contributed by atoms with E-state index in [2.05, 4.69) is 0 Å². The van der Waals surface area contributed by atoms with E-state index in [0.29, 0.717) is 11.3 Å². The molecule has 1 atom stereocenters. The molecule has 0 fully saturated rings. The monoisotopic (exact) mass is 419 g/mol. The molecule has 1 aliphatic heterocycles. The van der Waals surface area contributed by atoms with Gasteiger partial charge in [-0.25, -0.2) is 0 Å². The first kappa shape index (κ1) is 21.4. The third-order valence-electron chi connectivity index (χ3n) is 4.88. The van der Waals surface area contributed by atoms with Crippen molar-refractivity contribution in [3.8, 4) is 5.75 Å². The summed E-state index contributed by atoms with van der Waals surface area (Å²) in [6, 6.07) is 9.60. The van der Waals surface area contributed by atoms with Gasteiger partial charge in [-0.15, -0.1) is 0 Å². The number of methoxy groups -OCH3 is 1. The van der Waals surface area contributed by atoms with Crippen molar-refractivity contribution in [2.45, 2.75) is 26.1 Å². The number of ether oxygens (including phenoxy) is 1. The van der Waals surface area contributed by atoms with E-state index < -0.39 is 41.1 Å². The highest BCUT2D eigenvalue weighted by molar-refractivity contribution is 6.16. The van der Waals surface area contributed by atoms with Gasteiger partial charge >= 0.3 is 6.18 Å². The largest absolute Gasteiger partial charge is 0.503 e. The van der Waals surface area contributed by atoms with Gasteiger partial charge in [-0.1, -0.05) is 26.0 Å². The maximum atomic E-state index is 12.9. The molecule has 0 spiro atoms. The molecule has 30 heavy (non-hydrogen) atoms. The van der Waals surface area contributed by atoms with Crippen molar-refractivity contribution in [3.05, 3.63) is 71.0 Å². The van der Waals surface area contributed by atoms with Gasteiger partial charge in [-0.3, -0.25) is 14.5 Å². The van der Waals surface area contributed by atoms with E-state index in [1.165, 1.54) is 7.11 Å². The molecule has 1 unspecified atom stereocenters. The molecule has 0 bridgehead atoms. The average molecular weight is 419 g/mol.